The van der Waals surface area contributed by atoms with E-state index in [0.29, 0.717) is 4.21 Å². The van der Waals surface area contributed by atoms with Gasteiger partial charge in [-0.25, -0.2) is 13.1 Å². The zero-order chi connectivity index (χ0) is 17.7. The van der Waals surface area contributed by atoms with Gasteiger partial charge in [0, 0.05) is 16.3 Å². The molecule has 0 bridgehead atoms. The molecule has 0 saturated carbocycles. The quantitative estimate of drug-likeness (QED) is 0.642. The van der Waals surface area contributed by atoms with Crippen LogP contribution in [0.25, 0.3) is 0 Å². The van der Waals surface area contributed by atoms with Crippen molar-refractivity contribution in [1.82, 2.24) is 4.72 Å². The molecule has 0 unspecified atom stereocenters. The van der Waals surface area contributed by atoms with Gasteiger partial charge in [-0.2, -0.15) is 0 Å². The molecule has 3 aromatic rings. The van der Waals surface area contributed by atoms with Crippen molar-refractivity contribution in [1.29, 1.82) is 0 Å². The van der Waals surface area contributed by atoms with Crippen molar-refractivity contribution >= 4 is 33.1 Å². The number of nitrogens with one attached hydrogen (secondary N) is 1. The SMILES string of the molecule is O=S(=O)(NCc1ccccc1Sc1ccccc1CO)c1cccs1. The van der Waals surface area contributed by atoms with E-state index < -0.39 is 10.0 Å². The Morgan fingerprint density at radius 2 is 1.56 bits per heavy atom. The molecule has 2 aromatic carbocycles. The minimum absolute atomic E-state index is 0.0314. The fourth-order valence-corrected chi connectivity index (χ4v) is 5.37. The molecule has 0 fully saturated rings. The van der Waals surface area contributed by atoms with E-state index in [2.05, 4.69) is 4.72 Å². The lowest BCUT2D eigenvalue weighted by Gasteiger charge is -2.12. The van der Waals surface area contributed by atoms with E-state index >= 15 is 0 Å². The highest BCUT2D eigenvalue weighted by atomic mass is 32.2. The van der Waals surface area contributed by atoms with Crippen LogP contribution in [-0.2, 0) is 23.2 Å². The molecule has 0 atom stereocenters. The van der Waals surface area contributed by atoms with Gasteiger partial charge in [0.25, 0.3) is 0 Å². The van der Waals surface area contributed by atoms with E-state index in [-0.39, 0.29) is 13.2 Å². The first-order chi connectivity index (χ1) is 12.1. The zero-order valence-electron chi connectivity index (χ0n) is 13.3. The van der Waals surface area contributed by atoms with Gasteiger partial charge < -0.3 is 5.11 Å². The first-order valence-electron chi connectivity index (χ1n) is 7.58. The van der Waals surface area contributed by atoms with Crippen molar-refractivity contribution in [2.24, 2.45) is 0 Å². The topological polar surface area (TPSA) is 66.4 Å². The average Bonchev–Trinajstić information content (AvgIpc) is 3.17. The first-order valence-corrected chi connectivity index (χ1v) is 10.8. The Balaban J connectivity index is 1.80. The summed E-state index contributed by atoms with van der Waals surface area (Å²) in [6, 6.07) is 18.6. The van der Waals surface area contributed by atoms with Crippen molar-refractivity contribution in [3.05, 3.63) is 77.2 Å². The summed E-state index contributed by atoms with van der Waals surface area (Å²) in [6.45, 7) is 0.182. The number of hydrogen-bond donors (Lipinski definition) is 2. The van der Waals surface area contributed by atoms with Crippen molar-refractivity contribution in [3.8, 4) is 0 Å². The van der Waals surface area contributed by atoms with E-state index in [1.54, 1.807) is 17.5 Å². The van der Waals surface area contributed by atoms with Crippen LogP contribution in [0.1, 0.15) is 11.1 Å². The van der Waals surface area contributed by atoms with Gasteiger partial charge >= 0.3 is 0 Å². The van der Waals surface area contributed by atoms with Crippen LogP contribution in [0, 0.1) is 0 Å². The second-order valence-electron chi connectivity index (χ2n) is 5.23. The van der Waals surface area contributed by atoms with Gasteiger partial charge in [-0.05, 0) is 34.7 Å². The lowest BCUT2D eigenvalue weighted by atomic mass is 10.2. The number of benzene rings is 2. The summed E-state index contributed by atoms with van der Waals surface area (Å²) in [6.07, 6.45) is 0. The van der Waals surface area contributed by atoms with Gasteiger partial charge in [-0.3, -0.25) is 0 Å². The first kappa shape index (κ1) is 18.2. The lowest BCUT2D eigenvalue weighted by Crippen LogP contribution is -2.22. The molecule has 130 valence electrons. The lowest BCUT2D eigenvalue weighted by molar-refractivity contribution is 0.279. The van der Waals surface area contributed by atoms with Crippen LogP contribution in [0.2, 0.25) is 0 Å². The summed E-state index contributed by atoms with van der Waals surface area (Å²) < 4.78 is 27.6. The Morgan fingerprint density at radius 3 is 2.20 bits per heavy atom. The predicted octanol–water partition coefficient (Wildman–Crippen LogP) is 3.87. The van der Waals surface area contributed by atoms with Crippen LogP contribution in [0.4, 0.5) is 0 Å². The summed E-state index contributed by atoms with van der Waals surface area (Å²) in [5.41, 5.74) is 1.74. The summed E-state index contributed by atoms with van der Waals surface area (Å²) in [5.74, 6) is 0. The molecule has 0 aliphatic heterocycles. The number of hydrogen-bond acceptors (Lipinski definition) is 5. The molecule has 4 nitrogen and oxygen atoms in total. The van der Waals surface area contributed by atoms with Crippen molar-refractivity contribution < 1.29 is 13.5 Å². The smallest absolute Gasteiger partial charge is 0.250 e. The number of sulfonamides is 1. The van der Waals surface area contributed by atoms with Gasteiger partial charge in [0.05, 0.1) is 6.61 Å². The van der Waals surface area contributed by atoms with Crippen molar-refractivity contribution in [3.63, 3.8) is 0 Å². The van der Waals surface area contributed by atoms with E-state index in [4.69, 9.17) is 0 Å². The van der Waals surface area contributed by atoms with Gasteiger partial charge in [0.1, 0.15) is 4.21 Å². The Kier molecular flexibility index (Phi) is 5.93. The van der Waals surface area contributed by atoms with Gasteiger partial charge in [-0.1, -0.05) is 54.2 Å². The third-order valence-electron chi connectivity index (χ3n) is 3.55. The van der Waals surface area contributed by atoms with Crippen LogP contribution in [0.15, 0.2) is 80.0 Å². The van der Waals surface area contributed by atoms with Crippen molar-refractivity contribution in [2.75, 3.05) is 0 Å². The summed E-state index contributed by atoms with van der Waals surface area (Å²) in [5, 5.41) is 11.2. The van der Waals surface area contributed by atoms with Crippen molar-refractivity contribution in [2.45, 2.75) is 27.2 Å². The van der Waals surface area contributed by atoms with E-state index in [9.17, 15) is 13.5 Å². The molecule has 0 saturated heterocycles. The number of thiophene rings is 1. The summed E-state index contributed by atoms with van der Waals surface area (Å²) >= 11 is 2.71. The van der Waals surface area contributed by atoms with Crippen LogP contribution in [-0.4, -0.2) is 13.5 Å². The second-order valence-corrected chi connectivity index (χ2v) is 9.26. The normalized spacial score (nSPS) is 11.6. The number of aliphatic hydroxyl groups excluding tert-OH is 1. The van der Waals surface area contributed by atoms with Gasteiger partial charge in [0.2, 0.25) is 10.0 Å². The van der Waals surface area contributed by atoms with Gasteiger partial charge in [0.15, 0.2) is 0 Å². The maximum absolute atomic E-state index is 12.3. The molecule has 0 spiro atoms. The third-order valence-corrected chi connectivity index (χ3v) is 7.58. The fourth-order valence-electron chi connectivity index (χ4n) is 2.26. The molecule has 0 radical (unpaired) electrons. The minimum atomic E-state index is -3.50. The Morgan fingerprint density at radius 1 is 0.920 bits per heavy atom. The number of aliphatic hydroxyl groups is 1. The summed E-state index contributed by atoms with van der Waals surface area (Å²) in [7, 11) is -3.50. The second kappa shape index (κ2) is 8.16. The van der Waals surface area contributed by atoms with E-state index in [1.807, 2.05) is 48.5 Å². The monoisotopic (exact) mass is 391 g/mol. The van der Waals surface area contributed by atoms with Crippen LogP contribution in [0.3, 0.4) is 0 Å². The van der Waals surface area contributed by atoms with E-state index in [0.717, 1.165) is 20.9 Å². The average molecular weight is 392 g/mol. The molecule has 0 amide bonds. The summed E-state index contributed by atoms with van der Waals surface area (Å²) in [4.78, 5) is 1.91. The molecule has 7 heteroatoms. The highest BCUT2D eigenvalue weighted by Gasteiger charge is 2.15. The molecule has 25 heavy (non-hydrogen) atoms. The highest BCUT2D eigenvalue weighted by Crippen LogP contribution is 2.33. The molecule has 0 aliphatic carbocycles. The van der Waals surface area contributed by atoms with E-state index in [1.165, 1.54) is 23.1 Å². The predicted molar refractivity (Wildman–Crippen MR) is 101 cm³/mol. The standard InChI is InChI=1S/C18H17NO3S3/c20-13-15-7-2-4-9-17(15)24-16-8-3-1-6-14(16)12-19-25(21,22)18-10-5-11-23-18/h1-11,19-20H,12-13H2. The molecule has 2 N–H and O–H groups in total. The minimum Gasteiger partial charge on any atom is -0.392 e. The Hall–Kier alpha value is -1.64. The van der Waals surface area contributed by atoms with Gasteiger partial charge in [-0.15, -0.1) is 11.3 Å². The third kappa shape index (κ3) is 4.50. The largest absolute Gasteiger partial charge is 0.392 e. The Bertz CT molecular complexity index is 938. The highest BCUT2D eigenvalue weighted by molar-refractivity contribution is 7.99. The maximum atomic E-state index is 12.3. The molecule has 1 heterocycles. The molecular weight excluding hydrogens is 374 g/mol. The molecule has 3 rings (SSSR count). The van der Waals surface area contributed by atoms with Crippen LogP contribution in [0.5, 0.6) is 0 Å². The molecule has 1 aromatic heterocycles. The fraction of sp³-hybridized carbons (Fsp3) is 0.111. The molecule has 0 aliphatic rings. The van der Waals surface area contributed by atoms with Crippen LogP contribution < -0.4 is 4.72 Å². The van der Waals surface area contributed by atoms with Crippen LogP contribution >= 0.6 is 23.1 Å². The Labute approximate surface area is 155 Å². The number of rotatable bonds is 7. The maximum Gasteiger partial charge on any atom is 0.250 e. The zero-order valence-corrected chi connectivity index (χ0v) is 15.7. The molecular formula is C18H17NO3S3.